The second-order valence-electron chi connectivity index (χ2n) is 9.02. The van der Waals surface area contributed by atoms with Crippen molar-refractivity contribution in [3.05, 3.63) is 24.4 Å². The first-order valence-corrected chi connectivity index (χ1v) is 18.9. The van der Waals surface area contributed by atoms with Gasteiger partial charge in [0, 0.05) is 0 Å². The van der Waals surface area contributed by atoms with E-state index in [4.69, 9.17) is 4.98 Å². The van der Waals surface area contributed by atoms with Gasteiger partial charge in [0.15, 0.2) is 0 Å². The van der Waals surface area contributed by atoms with E-state index in [9.17, 15) is 0 Å². The van der Waals surface area contributed by atoms with Crippen LogP contribution >= 0.6 is 0 Å². The van der Waals surface area contributed by atoms with Gasteiger partial charge in [-0.15, -0.1) is 0 Å². The van der Waals surface area contributed by atoms with Crippen LogP contribution in [0.15, 0.2) is 24.4 Å². The number of anilines is 1. The van der Waals surface area contributed by atoms with E-state index < -0.39 is 18.4 Å². The number of pyridine rings is 2. The molecule has 1 saturated heterocycles. The van der Waals surface area contributed by atoms with Gasteiger partial charge in [-0.2, -0.15) is 0 Å². The van der Waals surface area contributed by atoms with Gasteiger partial charge in [-0.1, -0.05) is 0 Å². The van der Waals surface area contributed by atoms with E-state index in [0.29, 0.717) is 6.04 Å². The van der Waals surface area contributed by atoms with Crippen LogP contribution in [-0.2, 0) is 0 Å². The SMILES string of the molecule is CC(C)(C)NC1CCN(c2ccc3c[c]([Sn]([CH3])([CH3])[CH3])cnc3n2)C1. The summed E-state index contributed by atoms with van der Waals surface area (Å²) in [5, 5.41) is 4.87. The Bertz CT molecular complexity index is 730. The van der Waals surface area contributed by atoms with Crippen molar-refractivity contribution in [3.8, 4) is 0 Å². The van der Waals surface area contributed by atoms with Crippen molar-refractivity contribution < 1.29 is 0 Å². The van der Waals surface area contributed by atoms with Crippen LogP contribution in [0.3, 0.4) is 0 Å². The summed E-state index contributed by atoms with van der Waals surface area (Å²) >= 11 is -2.07. The van der Waals surface area contributed by atoms with Crippen LogP contribution in [0, 0.1) is 0 Å². The van der Waals surface area contributed by atoms with Gasteiger partial charge in [0.25, 0.3) is 0 Å². The molecule has 24 heavy (non-hydrogen) atoms. The molecule has 0 spiro atoms. The zero-order valence-electron chi connectivity index (χ0n) is 15.8. The standard InChI is InChI=1S/C16H21N4.3CH3.Sn/c1-16(2,3)19-13-8-10-20(11-13)14-7-6-12-5-4-9-17-15(12)18-14;;;;/h5-7,9,13,19H,8,10-11H2,1-3H3;3*1H3;. The van der Waals surface area contributed by atoms with Crippen molar-refractivity contribution in [3.63, 3.8) is 0 Å². The van der Waals surface area contributed by atoms with Gasteiger partial charge < -0.3 is 0 Å². The zero-order chi connectivity index (χ0) is 17.5. The Morgan fingerprint density at radius 3 is 2.62 bits per heavy atom. The Morgan fingerprint density at radius 1 is 1.21 bits per heavy atom. The fraction of sp³-hybridized carbons (Fsp3) is 0.579. The molecule has 2 aromatic rings. The second-order valence-corrected chi connectivity index (χ2v) is 23.5. The third-order valence-corrected chi connectivity index (χ3v) is 10.3. The van der Waals surface area contributed by atoms with Crippen molar-refractivity contribution in [1.82, 2.24) is 15.3 Å². The molecule has 4 nitrogen and oxygen atoms in total. The number of nitrogens with zero attached hydrogens (tertiary/aromatic N) is 3. The van der Waals surface area contributed by atoms with Crippen LogP contribution in [0.25, 0.3) is 11.0 Å². The fourth-order valence-corrected chi connectivity index (χ4v) is 6.25. The first-order valence-electron chi connectivity index (χ1n) is 8.92. The third kappa shape index (κ3) is 4.20. The first kappa shape index (κ1) is 17.9. The molecule has 130 valence electrons. The maximum atomic E-state index is 4.82. The van der Waals surface area contributed by atoms with E-state index in [2.05, 4.69) is 75.2 Å². The molecule has 0 saturated carbocycles. The zero-order valence-corrected chi connectivity index (χ0v) is 18.7. The van der Waals surface area contributed by atoms with E-state index in [1.165, 1.54) is 15.4 Å². The maximum absolute atomic E-state index is 4.82. The Labute approximate surface area is 149 Å². The third-order valence-electron chi connectivity index (χ3n) is 4.54. The Morgan fingerprint density at radius 2 is 1.96 bits per heavy atom. The molecular formula is C19H30N4Sn. The van der Waals surface area contributed by atoms with Crippen LogP contribution in [0.1, 0.15) is 27.2 Å². The fourth-order valence-electron chi connectivity index (χ4n) is 3.29. The Hall–Kier alpha value is -0.881. The van der Waals surface area contributed by atoms with Gasteiger partial charge in [0.2, 0.25) is 0 Å². The molecule has 2 aromatic heterocycles. The van der Waals surface area contributed by atoms with Gasteiger partial charge >= 0.3 is 150 Å². The monoisotopic (exact) mass is 434 g/mol. The molecule has 1 fully saturated rings. The molecule has 3 heterocycles. The Balaban J connectivity index is 1.79. The molecular weight excluding hydrogens is 403 g/mol. The van der Waals surface area contributed by atoms with Crippen LogP contribution < -0.4 is 13.8 Å². The van der Waals surface area contributed by atoms with E-state index in [1.54, 1.807) is 0 Å². The average Bonchev–Trinajstić information content (AvgIpc) is 2.91. The number of fused-ring (bicyclic) bond motifs is 1. The number of hydrogen-bond donors (Lipinski definition) is 1. The molecule has 1 N–H and O–H groups in total. The predicted octanol–water partition coefficient (Wildman–Crippen LogP) is 3.14. The van der Waals surface area contributed by atoms with Crippen molar-refractivity contribution in [2.75, 3.05) is 18.0 Å². The molecule has 5 heteroatoms. The summed E-state index contributed by atoms with van der Waals surface area (Å²) in [4.78, 5) is 19.1. The van der Waals surface area contributed by atoms with Gasteiger partial charge in [0.1, 0.15) is 0 Å². The number of nitrogens with one attached hydrogen (secondary N) is 1. The normalized spacial score (nSPS) is 19.2. The van der Waals surface area contributed by atoms with Gasteiger partial charge in [0.05, 0.1) is 0 Å². The molecule has 1 aliphatic heterocycles. The molecule has 0 amide bonds. The van der Waals surface area contributed by atoms with Crippen LogP contribution in [0.4, 0.5) is 5.82 Å². The van der Waals surface area contributed by atoms with E-state index >= 15 is 0 Å². The summed E-state index contributed by atoms with van der Waals surface area (Å²) in [5.41, 5.74) is 1.04. The average molecular weight is 433 g/mol. The van der Waals surface area contributed by atoms with Crippen molar-refractivity contribution >= 4 is 38.8 Å². The van der Waals surface area contributed by atoms with Gasteiger partial charge in [-0.05, 0) is 0 Å². The molecule has 1 aliphatic rings. The van der Waals surface area contributed by atoms with E-state index in [0.717, 1.165) is 24.6 Å². The summed E-state index contributed by atoms with van der Waals surface area (Å²) in [6.45, 7) is 8.76. The minimum absolute atomic E-state index is 0.161. The van der Waals surface area contributed by atoms with Gasteiger partial charge in [-0.25, -0.2) is 0 Å². The van der Waals surface area contributed by atoms with Crippen LogP contribution in [0.5, 0.6) is 0 Å². The molecule has 0 aliphatic carbocycles. The van der Waals surface area contributed by atoms with Crippen LogP contribution in [-0.4, -0.2) is 53.0 Å². The second kappa shape index (κ2) is 6.45. The molecule has 3 rings (SSSR count). The van der Waals surface area contributed by atoms with E-state index in [-0.39, 0.29) is 5.54 Å². The summed E-state index contributed by atoms with van der Waals surface area (Å²) in [7, 11) is 0. The van der Waals surface area contributed by atoms with E-state index in [1.807, 2.05) is 0 Å². The molecule has 0 radical (unpaired) electrons. The summed E-state index contributed by atoms with van der Waals surface area (Å²) in [6.07, 6.45) is 3.23. The van der Waals surface area contributed by atoms with Gasteiger partial charge in [-0.3, -0.25) is 0 Å². The first-order chi connectivity index (χ1) is 11.1. The van der Waals surface area contributed by atoms with Crippen LogP contribution in [0.2, 0.25) is 14.8 Å². The molecule has 1 unspecified atom stereocenters. The quantitative estimate of drug-likeness (QED) is 0.756. The van der Waals surface area contributed by atoms with Crippen molar-refractivity contribution in [2.24, 2.45) is 0 Å². The molecule has 0 aromatic carbocycles. The van der Waals surface area contributed by atoms with Crippen molar-refractivity contribution in [2.45, 2.75) is 53.6 Å². The molecule has 1 atom stereocenters. The number of rotatable bonds is 3. The summed E-state index contributed by atoms with van der Waals surface area (Å²) < 4.78 is 1.46. The minimum atomic E-state index is -2.07. The number of hydrogen-bond acceptors (Lipinski definition) is 4. The summed E-state index contributed by atoms with van der Waals surface area (Å²) in [6, 6.07) is 7.19. The topological polar surface area (TPSA) is 41.0 Å². The molecule has 0 bridgehead atoms. The predicted molar refractivity (Wildman–Crippen MR) is 106 cm³/mol. The van der Waals surface area contributed by atoms with Crippen molar-refractivity contribution in [1.29, 1.82) is 0 Å². The Kier molecular flexibility index (Phi) is 4.82. The number of aromatic nitrogens is 2. The summed E-state index contributed by atoms with van der Waals surface area (Å²) in [5.74, 6) is 1.06.